The van der Waals surface area contributed by atoms with Gasteiger partial charge in [0, 0.05) is 18.7 Å². The molecule has 0 radical (unpaired) electrons. The fourth-order valence-electron chi connectivity index (χ4n) is 1.98. The maximum Gasteiger partial charge on any atom is 0.254 e. The van der Waals surface area contributed by atoms with Crippen LogP contribution < -0.4 is 5.73 Å². The third-order valence-electron chi connectivity index (χ3n) is 2.98. The molecule has 1 amide bonds. The van der Waals surface area contributed by atoms with Gasteiger partial charge in [0.1, 0.15) is 0 Å². The maximum atomic E-state index is 12.1. The lowest BCUT2D eigenvalue weighted by Gasteiger charge is -2.19. The van der Waals surface area contributed by atoms with E-state index in [2.05, 4.69) is 0 Å². The van der Waals surface area contributed by atoms with E-state index in [1.165, 1.54) is 0 Å². The number of hydrogen-bond acceptors (Lipinski definition) is 3. The van der Waals surface area contributed by atoms with E-state index >= 15 is 0 Å². The molecule has 17 heavy (non-hydrogen) atoms. The van der Waals surface area contributed by atoms with Crippen molar-refractivity contribution in [3.63, 3.8) is 0 Å². The Morgan fingerprint density at radius 3 is 2.82 bits per heavy atom. The van der Waals surface area contributed by atoms with Crippen molar-refractivity contribution < 1.29 is 9.90 Å². The van der Waals surface area contributed by atoms with Crippen LogP contribution in [0.25, 0.3) is 0 Å². The molecule has 1 aliphatic rings. The number of carbonyl (C=O) groups excluding carboxylic acids is 1. The number of carbonyl (C=O) groups is 1. The summed E-state index contributed by atoms with van der Waals surface area (Å²) in [6.07, 6.45) is 0.599. The van der Waals surface area contributed by atoms with Gasteiger partial charge in [0.2, 0.25) is 0 Å². The second-order valence-corrected chi connectivity index (χ2v) is 5.12. The van der Waals surface area contributed by atoms with Crippen molar-refractivity contribution in [1.82, 2.24) is 4.90 Å². The summed E-state index contributed by atoms with van der Waals surface area (Å²) in [6, 6.07) is 4.82. The first kappa shape index (κ1) is 12.2. The van der Waals surface area contributed by atoms with Gasteiger partial charge in [-0.2, -0.15) is 0 Å². The van der Waals surface area contributed by atoms with Crippen LogP contribution in [-0.4, -0.2) is 34.6 Å². The van der Waals surface area contributed by atoms with E-state index in [-0.39, 0.29) is 5.91 Å². The predicted molar refractivity (Wildman–Crippen MR) is 67.0 cm³/mol. The highest BCUT2D eigenvalue weighted by Gasteiger charge is 2.34. The number of rotatable bonds is 1. The summed E-state index contributed by atoms with van der Waals surface area (Å²) in [5, 5.41) is 10.3. The zero-order valence-electron chi connectivity index (χ0n) is 9.61. The first-order valence-electron chi connectivity index (χ1n) is 5.46. The Bertz CT molecular complexity index is 460. The normalized spacial score (nSPS) is 24.1. The van der Waals surface area contributed by atoms with Gasteiger partial charge in [-0.1, -0.05) is 11.6 Å². The fourth-order valence-corrected chi connectivity index (χ4v) is 2.10. The Kier molecular flexibility index (Phi) is 3.02. The number of benzene rings is 1. The van der Waals surface area contributed by atoms with E-state index in [1.54, 1.807) is 30.0 Å². The monoisotopic (exact) mass is 254 g/mol. The van der Waals surface area contributed by atoms with Crippen molar-refractivity contribution in [2.45, 2.75) is 18.9 Å². The Hall–Kier alpha value is -1.26. The predicted octanol–water partition coefficient (Wildman–Crippen LogP) is 1.52. The summed E-state index contributed by atoms with van der Waals surface area (Å²) in [5.74, 6) is -0.119. The van der Waals surface area contributed by atoms with Crippen LogP contribution in [0.2, 0.25) is 5.02 Å². The zero-order chi connectivity index (χ0) is 12.6. The highest BCUT2D eigenvalue weighted by molar-refractivity contribution is 6.33. The SMILES string of the molecule is CC1(O)CCN(C(=O)c2ccc(Cl)c(N)c2)C1. The minimum atomic E-state index is -0.784. The largest absolute Gasteiger partial charge is 0.398 e. The molecule has 1 saturated heterocycles. The molecule has 1 fully saturated rings. The first-order chi connectivity index (χ1) is 7.89. The Morgan fingerprint density at radius 2 is 2.29 bits per heavy atom. The fraction of sp³-hybridized carbons (Fsp3) is 0.417. The van der Waals surface area contributed by atoms with Crippen LogP contribution >= 0.6 is 11.6 Å². The van der Waals surface area contributed by atoms with E-state index in [0.29, 0.717) is 35.8 Å². The highest BCUT2D eigenvalue weighted by atomic mass is 35.5. The van der Waals surface area contributed by atoms with Crippen molar-refractivity contribution in [3.8, 4) is 0 Å². The number of halogens is 1. The van der Waals surface area contributed by atoms with Gasteiger partial charge in [-0.15, -0.1) is 0 Å². The number of nitrogen functional groups attached to an aromatic ring is 1. The number of nitrogens with two attached hydrogens (primary N) is 1. The molecule has 0 saturated carbocycles. The number of hydrogen-bond donors (Lipinski definition) is 2. The van der Waals surface area contributed by atoms with Gasteiger partial charge < -0.3 is 15.7 Å². The van der Waals surface area contributed by atoms with Crippen molar-refractivity contribution in [2.24, 2.45) is 0 Å². The zero-order valence-corrected chi connectivity index (χ0v) is 10.4. The molecule has 2 rings (SSSR count). The molecule has 3 N–H and O–H groups in total. The summed E-state index contributed by atoms with van der Waals surface area (Å²) in [4.78, 5) is 13.7. The van der Waals surface area contributed by atoms with Gasteiger partial charge in [-0.3, -0.25) is 4.79 Å². The number of amides is 1. The smallest absolute Gasteiger partial charge is 0.254 e. The van der Waals surface area contributed by atoms with E-state index < -0.39 is 5.60 Å². The van der Waals surface area contributed by atoms with E-state index in [1.807, 2.05) is 0 Å². The second kappa shape index (κ2) is 4.20. The molecular formula is C12H15ClN2O2. The number of β-amino-alcohol motifs (C(OH)–C–C–N with tert-alkyl or cyclic N) is 1. The summed E-state index contributed by atoms with van der Waals surface area (Å²) >= 11 is 5.80. The third kappa shape index (κ3) is 2.53. The van der Waals surface area contributed by atoms with Crippen molar-refractivity contribution in [3.05, 3.63) is 28.8 Å². The van der Waals surface area contributed by atoms with Crippen LogP contribution in [-0.2, 0) is 0 Å². The minimum absolute atomic E-state index is 0.119. The molecule has 0 bridgehead atoms. The van der Waals surface area contributed by atoms with E-state index in [9.17, 15) is 9.90 Å². The topological polar surface area (TPSA) is 66.6 Å². The highest BCUT2D eigenvalue weighted by Crippen LogP contribution is 2.24. The maximum absolute atomic E-state index is 12.1. The molecular weight excluding hydrogens is 240 g/mol. The molecule has 1 heterocycles. The van der Waals surface area contributed by atoms with Crippen molar-refractivity contribution in [2.75, 3.05) is 18.8 Å². The van der Waals surface area contributed by atoms with Gasteiger partial charge in [0.05, 0.1) is 16.3 Å². The average Bonchev–Trinajstić information content (AvgIpc) is 2.62. The van der Waals surface area contributed by atoms with Crippen LogP contribution in [0, 0.1) is 0 Å². The van der Waals surface area contributed by atoms with Crippen LogP contribution in [0.3, 0.4) is 0 Å². The third-order valence-corrected chi connectivity index (χ3v) is 3.33. The average molecular weight is 255 g/mol. The number of aliphatic hydroxyl groups is 1. The van der Waals surface area contributed by atoms with Gasteiger partial charge in [-0.25, -0.2) is 0 Å². The van der Waals surface area contributed by atoms with Gasteiger partial charge in [-0.05, 0) is 31.5 Å². The Labute approximate surface area is 105 Å². The molecule has 1 unspecified atom stereocenters. The molecule has 1 aliphatic heterocycles. The van der Waals surface area contributed by atoms with Crippen LogP contribution in [0.4, 0.5) is 5.69 Å². The molecule has 1 atom stereocenters. The van der Waals surface area contributed by atoms with Crippen molar-refractivity contribution >= 4 is 23.2 Å². The molecule has 0 spiro atoms. The Morgan fingerprint density at radius 1 is 1.59 bits per heavy atom. The Balaban J connectivity index is 2.18. The molecule has 1 aromatic rings. The van der Waals surface area contributed by atoms with Crippen LogP contribution in [0.15, 0.2) is 18.2 Å². The quantitative estimate of drug-likeness (QED) is 0.747. The molecule has 5 heteroatoms. The molecule has 1 aromatic carbocycles. The minimum Gasteiger partial charge on any atom is -0.398 e. The first-order valence-corrected chi connectivity index (χ1v) is 5.83. The standard InChI is InChI=1S/C12H15ClN2O2/c1-12(17)4-5-15(7-12)11(16)8-2-3-9(13)10(14)6-8/h2-3,6,17H,4-5,7,14H2,1H3. The number of anilines is 1. The van der Waals surface area contributed by atoms with Gasteiger partial charge >= 0.3 is 0 Å². The molecule has 92 valence electrons. The molecule has 0 aromatic heterocycles. The summed E-state index contributed by atoms with van der Waals surface area (Å²) in [5.41, 5.74) is 5.77. The van der Waals surface area contributed by atoms with Gasteiger partial charge in [0.15, 0.2) is 0 Å². The number of nitrogens with zero attached hydrogens (tertiary/aromatic N) is 1. The van der Waals surface area contributed by atoms with E-state index in [0.717, 1.165) is 0 Å². The lowest BCUT2D eigenvalue weighted by Crippen LogP contribution is -2.33. The summed E-state index contributed by atoms with van der Waals surface area (Å²) < 4.78 is 0. The molecule has 4 nitrogen and oxygen atoms in total. The lowest BCUT2D eigenvalue weighted by molar-refractivity contribution is 0.0572. The van der Waals surface area contributed by atoms with Crippen LogP contribution in [0.1, 0.15) is 23.7 Å². The second-order valence-electron chi connectivity index (χ2n) is 4.71. The molecule has 0 aliphatic carbocycles. The van der Waals surface area contributed by atoms with Crippen molar-refractivity contribution in [1.29, 1.82) is 0 Å². The van der Waals surface area contributed by atoms with E-state index in [4.69, 9.17) is 17.3 Å². The van der Waals surface area contributed by atoms with Gasteiger partial charge in [0.25, 0.3) is 5.91 Å². The summed E-state index contributed by atoms with van der Waals surface area (Å²) in [7, 11) is 0. The van der Waals surface area contributed by atoms with Crippen LogP contribution in [0.5, 0.6) is 0 Å². The summed E-state index contributed by atoms with van der Waals surface area (Å²) in [6.45, 7) is 2.65. The number of likely N-dealkylation sites (tertiary alicyclic amines) is 1. The lowest BCUT2D eigenvalue weighted by atomic mass is 10.1.